The summed E-state index contributed by atoms with van der Waals surface area (Å²) in [5, 5.41) is 0. The Kier molecular flexibility index (Phi) is 5.14. The van der Waals surface area contributed by atoms with Gasteiger partial charge in [-0.2, -0.15) is 0 Å². The van der Waals surface area contributed by atoms with E-state index in [2.05, 4.69) is 0 Å². The van der Waals surface area contributed by atoms with Crippen LogP contribution in [0, 0.1) is 17.8 Å². The zero-order chi connectivity index (χ0) is 13.8. The minimum absolute atomic E-state index is 0.402. The molecule has 20 heavy (non-hydrogen) atoms. The van der Waals surface area contributed by atoms with Crippen molar-refractivity contribution in [1.82, 2.24) is 0 Å². The monoisotopic (exact) mass is 278 g/mol. The predicted octanol–water partition coefficient (Wildman–Crippen LogP) is 4.51. The first-order valence-electron chi connectivity index (χ1n) is 8.97. The zero-order valence-electron chi connectivity index (χ0n) is 12.8. The van der Waals surface area contributed by atoms with Crippen LogP contribution in [0.4, 0.5) is 0 Å². The highest BCUT2D eigenvalue weighted by Crippen LogP contribution is 2.43. The number of carbonyl (C=O) groups excluding carboxylic acids is 1. The van der Waals surface area contributed by atoms with E-state index in [1.807, 2.05) is 0 Å². The predicted molar refractivity (Wildman–Crippen MR) is 80.6 cm³/mol. The van der Waals surface area contributed by atoms with Crippen molar-refractivity contribution in [3.8, 4) is 0 Å². The van der Waals surface area contributed by atoms with E-state index in [0.717, 1.165) is 37.7 Å². The highest BCUT2D eigenvalue weighted by atomic mass is 16.5. The third-order valence-corrected chi connectivity index (χ3v) is 5.97. The SMILES string of the molecule is O=C(CCCC1CCCO1)C1CCC2CCCCC2C1. The lowest BCUT2D eigenvalue weighted by Gasteiger charge is -2.38. The molecule has 2 aliphatic carbocycles. The van der Waals surface area contributed by atoms with Crippen LogP contribution in [-0.2, 0) is 9.53 Å². The molecular weight excluding hydrogens is 248 g/mol. The third kappa shape index (κ3) is 3.63. The fourth-order valence-corrected chi connectivity index (χ4v) is 4.75. The second kappa shape index (κ2) is 7.06. The van der Waals surface area contributed by atoms with Gasteiger partial charge in [-0.3, -0.25) is 4.79 Å². The van der Waals surface area contributed by atoms with Gasteiger partial charge < -0.3 is 4.74 Å². The van der Waals surface area contributed by atoms with Gasteiger partial charge in [0, 0.05) is 18.9 Å². The summed E-state index contributed by atoms with van der Waals surface area (Å²) in [4.78, 5) is 12.4. The lowest BCUT2D eigenvalue weighted by molar-refractivity contribution is -0.125. The number of fused-ring (bicyclic) bond motifs is 1. The molecule has 1 heterocycles. The summed E-state index contributed by atoms with van der Waals surface area (Å²) in [5.41, 5.74) is 0. The maximum Gasteiger partial charge on any atom is 0.135 e. The molecule has 114 valence electrons. The summed E-state index contributed by atoms with van der Waals surface area (Å²) in [6, 6.07) is 0. The molecule has 1 saturated heterocycles. The van der Waals surface area contributed by atoms with Crippen molar-refractivity contribution in [1.29, 1.82) is 0 Å². The molecule has 0 spiro atoms. The lowest BCUT2D eigenvalue weighted by Crippen LogP contribution is -2.31. The molecule has 2 heteroatoms. The van der Waals surface area contributed by atoms with Gasteiger partial charge in [0.25, 0.3) is 0 Å². The van der Waals surface area contributed by atoms with E-state index in [4.69, 9.17) is 4.74 Å². The third-order valence-electron chi connectivity index (χ3n) is 5.97. The standard InChI is InChI=1S/C18H30O2/c19-18(9-3-7-17-8-4-12-20-17)16-11-10-14-5-1-2-6-15(14)13-16/h14-17H,1-13H2. The first-order chi connectivity index (χ1) is 9.83. The topological polar surface area (TPSA) is 26.3 Å². The average molecular weight is 278 g/mol. The van der Waals surface area contributed by atoms with Crippen LogP contribution in [0.1, 0.15) is 77.0 Å². The summed E-state index contributed by atoms with van der Waals surface area (Å²) in [6.45, 7) is 0.935. The second-order valence-electron chi connectivity index (χ2n) is 7.31. The van der Waals surface area contributed by atoms with Gasteiger partial charge >= 0.3 is 0 Å². The van der Waals surface area contributed by atoms with Crippen molar-refractivity contribution >= 4 is 5.78 Å². The Morgan fingerprint density at radius 1 is 0.950 bits per heavy atom. The van der Waals surface area contributed by atoms with Crippen LogP contribution >= 0.6 is 0 Å². The maximum atomic E-state index is 12.4. The minimum Gasteiger partial charge on any atom is -0.378 e. The first kappa shape index (κ1) is 14.6. The van der Waals surface area contributed by atoms with Crippen LogP contribution < -0.4 is 0 Å². The number of ether oxygens (including phenoxy) is 1. The van der Waals surface area contributed by atoms with E-state index in [1.54, 1.807) is 0 Å². The van der Waals surface area contributed by atoms with E-state index in [0.29, 0.717) is 17.8 Å². The van der Waals surface area contributed by atoms with Gasteiger partial charge in [-0.1, -0.05) is 25.7 Å². The summed E-state index contributed by atoms with van der Waals surface area (Å²) in [6.07, 6.45) is 15.2. The molecule has 4 atom stereocenters. The van der Waals surface area contributed by atoms with Crippen molar-refractivity contribution in [3.05, 3.63) is 0 Å². The van der Waals surface area contributed by atoms with Gasteiger partial charge in [-0.15, -0.1) is 0 Å². The van der Waals surface area contributed by atoms with Gasteiger partial charge in [0.1, 0.15) is 5.78 Å². The summed E-state index contributed by atoms with van der Waals surface area (Å²) in [7, 11) is 0. The zero-order valence-corrected chi connectivity index (χ0v) is 12.8. The molecule has 3 aliphatic rings. The van der Waals surface area contributed by atoms with Crippen LogP contribution in [0.3, 0.4) is 0 Å². The first-order valence-corrected chi connectivity index (χ1v) is 8.97. The molecule has 3 rings (SSSR count). The Labute approximate surface area is 123 Å². The fraction of sp³-hybridized carbons (Fsp3) is 0.944. The van der Waals surface area contributed by atoms with E-state index >= 15 is 0 Å². The summed E-state index contributed by atoms with van der Waals surface area (Å²) in [5.74, 6) is 2.80. The quantitative estimate of drug-likeness (QED) is 0.739. The Morgan fingerprint density at radius 3 is 2.60 bits per heavy atom. The second-order valence-corrected chi connectivity index (χ2v) is 7.31. The largest absolute Gasteiger partial charge is 0.378 e. The molecule has 3 fully saturated rings. The highest BCUT2D eigenvalue weighted by molar-refractivity contribution is 5.81. The minimum atomic E-state index is 0.402. The van der Waals surface area contributed by atoms with Crippen molar-refractivity contribution < 1.29 is 9.53 Å². The van der Waals surface area contributed by atoms with Crippen LogP contribution in [0.5, 0.6) is 0 Å². The normalized spacial score (nSPS) is 37.6. The van der Waals surface area contributed by atoms with Crippen LogP contribution in [0.25, 0.3) is 0 Å². The number of hydrogen-bond donors (Lipinski definition) is 0. The molecular formula is C18H30O2. The van der Waals surface area contributed by atoms with Gasteiger partial charge in [0.15, 0.2) is 0 Å². The average Bonchev–Trinajstić information content (AvgIpc) is 3.00. The Bertz CT molecular complexity index is 319. The fourth-order valence-electron chi connectivity index (χ4n) is 4.75. The molecule has 0 amide bonds. The smallest absolute Gasteiger partial charge is 0.135 e. The molecule has 4 unspecified atom stereocenters. The Balaban J connectivity index is 1.38. The van der Waals surface area contributed by atoms with Crippen molar-refractivity contribution in [2.75, 3.05) is 6.61 Å². The maximum absolute atomic E-state index is 12.4. The summed E-state index contributed by atoms with van der Waals surface area (Å²) >= 11 is 0. The van der Waals surface area contributed by atoms with Crippen LogP contribution in [-0.4, -0.2) is 18.5 Å². The molecule has 0 radical (unpaired) electrons. The molecule has 2 nitrogen and oxygen atoms in total. The lowest BCUT2D eigenvalue weighted by atomic mass is 9.66. The molecule has 2 saturated carbocycles. The molecule has 0 N–H and O–H groups in total. The van der Waals surface area contributed by atoms with E-state index < -0.39 is 0 Å². The number of Topliss-reactive ketones (excluding diaryl/α,β-unsaturated/α-hetero) is 1. The van der Waals surface area contributed by atoms with Gasteiger partial charge in [0.05, 0.1) is 6.10 Å². The van der Waals surface area contributed by atoms with Gasteiger partial charge in [-0.05, 0) is 56.8 Å². The molecule has 1 aliphatic heterocycles. The Hall–Kier alpha value is -0.370. The van der Waals surface area contributed by atoms with E-state index in [-0.39, 0.29) is 0 Å². The number of rotatable bonds is 5. The Morgan fingerprint density at radius 2 is 1.80 bits per heavy atom. The molecule has 0 aromatic carbocycles. The number of ketones is 1. The molecule has 0 bridgehead atoms. The summed E-state index contributed by atoms with van der Waals surface area (Å²) < 4.78 is 5.64. The van der Waals surface area contributed by atoms with E-state index in [1.165, 1.54) is 57.8 Å². The van der Waals surface area contributed by atoms with Gasteiger partial charge in [0.2, 0.25) is 0 Å². The number of carbonyl (C=O) groups is 1. The van der Waals surface area contributed by atoms with Crippen molar-refractivity contribution in [2.24, 2.45) is 17.8 Å². The van der Waals surface area contributed by atoms with Crippen LogP contribution in [0.2, 0.25) is 0 Å². The van der Waals surface area contributed by atoms with E-state index in [9.17, 15) is 4.79 Å². The van der Waals surface area contributed by atoms with Crippen molar-refractivity contribution in [3.63, 3.8) is 0 Å². The molecule has 0 aromatic heterocycles. The highest BCUT2D eigenvalue weighted by Gasteiger charge is 2.34. The van der Waals surface area contributed by atoms with Crippen molar-refractivity contribution in [2.45, 2.75) is 83.2 Å². The molecule has 0 aromatic rings. The number of hydrogen-bond acceptors (Lipinski definition) is 2. The van der Waals surface area contributed by atoms with Gasteiger partial charge in [-0.25, -0.2) is 0 Å². The van der Waals surface area contributed by atoms with Crippen LogP contribution in [0.15, 0.2) is 0 Å².